The van der Waals surface area contributed by atoms with Gasteiger partial charge in [-0.1, -0.05) is 35.0 Å². The first-order valence-electron chi connectivity index (χ1n) is 3.73. The zero-order valence-electron chi connectivity index (χ0n) is 6.98. The van der Waals surface area contributed by atoms with E-state index in [1.54, 1.807) is 6.92 Å². The molecule has 0 spiro atoms. The van der Waals surface area contributed by atoms with Crippen molar-refractivity contribution in [2.24, 2.45) is 0 Å². The van der Waals surface area contributed by atoms with Crippen molar-refractivity contribution < 1.29 is 4.39 Å². The topological polar surface area (TPSA) is 0 Å². The van der Waals surface area contributed by atoms with E-state index >= 15 is 0 Å². The summed E-state index contributed by atoms with van der Waals surface area (Å²) in [5.74, 6) is 0. The van der Waals surface area contributed by atoms with E-state index in [4.69, 9.17) is 0 Å². The molecule has 0 heterocycles. The van der Waals surface area contributed by atoms with Gasteiger partial charge in [0.1, 0.15) is 0 Å². The van der Waals surface area contributed by atoms with Crippen molar-refractivity contribution in [3.63, 3.8) is 0 Å². The highest BCUT2D eigenvalue weighted by Gasteiger charge is 2.19. The van der Waals surface area contributed by atoms with E-state index in [0.717, 1.165) is 10.0 Å². The molecule has 0 amide bonds. The van der Waals surface area contributed by atoms with Gasteiger partial charge in [0.05, 0.1) is 6.67 Å². The lowest BCUT2D eigenvalue weighted by atomic mass is 9.86. The average Bonchev–Trinajstić information content (AvgIpc) is 2.05. The van der Waals surface area contributed by atoms with E-state index < -0.39 is 12.1 Å². The number of hydrogen-bond acceptors (Lipinski definition) is 0. The maximum Gasteiger partial charge on any atom is 0.0988 e. The third-order valence-electron chi connectivity index (χ3n) is 1.84. The average molecular weight is 230 g/mol. The summed E-state index contributed by atoms with van der Waals surface area (Å²) in [4.78, 5) is 0. The fourth-order valence-electron chi connectivity index (χ4n) is 0.929. The van der Waals surface area contributed by atoms with Crippen LogP contribution in [0.1, 0.15) is 12.5 Å². The molecule has 0 bridgehead atoms. The van der Waals surface area contributed by atoms with Gasteiger partial charge < -0.3 is 0 Å². The molecule has 1 atom stereocenters. The van der Waals surface area contributed by atoms with Crippen LogP contribution in [0.5, 0.6) is 0 Å². The van der Waals surface area contributed by atoms with Crippen LogP contribution >= 0.6 is 15.9 Å². The van der Waals surface area contributed by atoms with Crippen LogP contribution in [0.25, 0.3) is 0 Å². The first-order valence-corrected chi connectivity index (χ1v) is 4.53. The van der Waals surface area contributed by atoms with Crippen LogP contribution in [-0.4, -0.2) is 6.67 Å². The standard InChI is InChI=1S/C10H11BrF/c1-10(2,7-12)8-3-5-9(11)6-4-8/h3-6H,1,7H2,2H3. The lowest BCUT2D eigenvalue weighted by Gasteiger charge is -2.20. The van der Waals surface area contributed by atoms with Gasteiger partial charge in [-0.15, -0.1) is 0 Å². The molecule has 0 saturated carbocycles. The van der Waals surface area contributed by atoms with Crippen molar-refractivity contribution in [1.29, 1.82) is 0 Å². The third-order valence-corrected chi connectivity index (χ3v) is 2.36. The van der Waals surface area contributed by atoms with Crippen LogP contribution in [0.2, 0.25) is 0 Å². The summed E-state index contributed by atoms with van der Waals surface area (Å²) < 4.78 is 13.5. The normalized spacial score (nSPS) is 11.7. The number of halogens is 2. The minimum Gasteiger partial charge on any atom is -0.250 e. The van der Waals surface area contributed by atoms with E-state index in [1.165, 1.54) is 0 Å². The molecule has 0 aliphatic carbocycles. The Morgan fingerprint density at radius 3 is 2.33 bits per heavy atom. The molecular formula is C10H11BrF. The second-order valence-electron chi connectivity index (χ2n) is 3.20. The van der Waals surface area contributed by atoms with Crippen molar-refractivity contribution in [2.75, 3.05) is 6.67 Å². The summed E-state index contributed by atoms with van der Waals surface area (Å²) in [6, 6.07) is 7.57. The zero-order valence-corrected chi connectivity index (χ0v) is 8.57. The summed E-state index contributed by atoms with van der Waals surface area (Å²) >= 11 is 3.32. The molecule has 0 fully saturated rings. The van der Waals surface area contributed by atoms with Gasteiger partial charge >= 0.3 is 0 Å². The maximum atomic E-state index is 12.5. The summed E-state index contributed by atoms with van der Waals surface area (Å²) in [6.07, 6.45) is 0. The van der Waals surface area contributed by atoms with Crippen molar-refractivity contribution in [2.45, 2.75) is 12.3 Å². The lowest BCUT2D eigenvalue weighted by molar-refractivity contribution is 0.380. The molecule has 1 aromatic carbocycles. The van der Waals surface area contributed by atoms with Crippen LogP contribution in [-0.2, 0) is 5.41 Å². The van der Waals surface area contributed by atoms with Gasteiger partial charge in [0.15, 0.2) is 0 Å². The SMILES string of the molecule is [CH2]C(C)(CF)c1ccc(Br)cc1. The van der Waals surface area contributed by atoms with Crippen LogP contribution in [0.4, 0.5) is 4.39 Å². The minimum absolute atomic E-state index is 0.436. The zero-order chi connectivity index (χ0) is 9.19. The number of benzene rings is 1. The highest BCUT2D eigenvalue weighted by molar-refractivity contribution is 9.10. The largest absolute Gasteiger partial charge is 0.250 e. The molecule has 1 radical (unpaired) electrons. The van der Waals surface area contributed by atoms with Gasteiger partial charge in [-0.2, -0.15) is 0 Å². The van der Waals surface area contributed by atoms with E-state index in [1.807, 2.05) is 24.3 Å². The Morgan fingerprint density at radius 2 is 1.92 bits per heavy atom. The number of hydrogen-bond donors (Lipinski definition) is 0. The molecule has 0 N–H and O–H groups in total. The molecule has 12 heavy (non-hydrogen) atoms. The second-order valence-corrected chi connectivity index (χ2v) is 4.12. The highest BCUT2D eigenvalue weighted by Crippen LogP contribution is 2.24. The van der Waals surface area contributed by atoms with Gasteiger partial charge in [0, 0.05) is 9.89 Å². The van der Waals surface area contributed by atoms with Gasteiger partial charge in [-0.3, -0.25) is 4.39 Å². The smallest absolute Gasteiger partial charge is 0.0988 e. The van der Waals surface area contributed by atoms with Crippen LogP contribution in [0.3, 0.4) is 0 Å². The molecule has 65 valence electrons. The van der Waals surface area contributed by atoms with Gasteiger partial charge in [-0.25, -0.2) is 0 Å². The molecule has 1 rings (SSSR count). The van der Waals surface area contributed by atoms with Crippen LogP contribution in [0.15, 0.2) is 28.7 Å². The van der Waals surface area contributed by atoms with E-state index in [0.29, 0.717) is 0 Å². The van der Waals surface area contributed by atoms with Crippen molar-refractivity contribution in [1.82, 2.24) is 0 Å². The third kappa shape index (κ3) is 2.07. The van der Waals surface area contributed by atoms with Crippen molar-refractivity contribution >= 4 is 15.9 Å². The Morgan fingerprint density at radius 1 is 1.42 bits per heavy atom. The summed E-state index contributed by atoms with van der Waals surface area (Å²) in [5, 5.41) is 0. The van der Waals surface area contributed by atoms with Crippen LogP contribution in [0, 0.1) is 6.92 Å². The predicted molar refractivity (Wildman–Crippen MR) is 52.8 cm³/mol. The highest BCUT2D eigenvalue weighted by atomic mass is 79.9. The summed E-state index contributed by atoms with van der Waals surface area (Å²) in [7, 11) is 0. The molecule has 0 saturated heterocycles. The molecule has 0 nitrogen and oxygen atoms in total. The first kappa shape index (κ1) is 9.72. The second kappa shape index (κ2) is 3.56. The van der Waals surface area contributed by atoms with Gasteiger partial charge in [0.25, 0.3) is 0 Å². The number of alkyl halides is 1. The molecule has 0 aromatic heterocycles. The minimum atomic E-state index is -0.610. The monoisotopic (exact) mass is 229 g/mol. The first-order chi connectivity index (χ1) is 5.56. The van der Waals surface area contributed by atoms with Gasteiger partial charge in [0.2, 0.25) is 0 Å². The predicted octanol–water partition coefficient (Wildman–Crippen LogP) is 3.51. The fourth-order valence-corrected chi connectivity index (χ4v) is 1.19. The molecule has 0 aliphatic rings. The Kier molecular flexibility index (Phi) is 2.89. The van der Waals surface area contributed by atoms with Crippen molar-refractivity contribution in [3.05, 3.63) is 41.2 Å². The van der Waals surface area contributed by atoms with E-state index in [9.17, 15) is 4.39 Å². The Labute approximate surface area is 80.9 Å². The maximum absolute atomic E-state index is 12.5. The van der Waals surface area contributed by atoms with Crippen LogP contribution < -0.4 is 0 Å². The van der Waals surface area contributed by atoms with Crippen molar-refractivity contribution in [3.8, 4) is 0 Å². The molecular weight excluding hydrogens is 219 g/mol. The molecule has 0 aliphatic heterocycles. The fraction of sp³-hybridized carbons (Fsp3) is 0.300. The summed E-state index contributed by atoms with van der Waals surface area (Å²) in [6.45, 7) is 5.15. The lowest BCUT2D eigenvalue weighted by Crippen LogP contribution is -2.19. The Bertz CT molecular complexity index is 251. The molecule has 1 unspecified atom stereocenters. The molecule has 1 aromatic rings. The Hall–Kier alpha value is -0.370. The number of rotatable bonds is 2. The van der Waals surface area contributed by atoms with E-state index in [2.05, 4.69) is 22.9 Å². The van der Waals surface area contributed by atoms with Gasteiger partial charge in [-0.05, 0) is 24.6 Å². The quantitative estimate of drug-likeness (QED) is 0.729. The van der Waals surface area contributed by atoms with E-state index in [-0.39, 0.29) is 0 Å². The summed E-state index contributed by atoms with van der Waals surface area (Å²) in [5.41, 5.74) is 0.314. The Balaban J connectivity index is 2.96. The molecule has 2 heteroatoms.